The largest absolute Gasteiger partial charge is 0.481 e. The molecule has 0 aromatic heterocycles. The molecule has 0 aliphatic carbocycles. The molecule has 52 nitrogen and oxygen atoms in total. The smallest absolute Gasteiger partial charge is 0.326 e. The second kappa shape index (κ2) is 56.3. The summed E-state index contributed by atoms with van der Waals surface area (Å²) in [6, 6.07) is -28.9. The molecule has 7 heterocycles. The van der Waals surface area contributed by atoms with Crippen molar-refractivity contribution in [3.05, 3.63) is 0 Å². The number of likely N-dealkylation sites (tertiary alicyclic amines) is 7. The molecule has 0 unspecified atom stereocenters. The molecule has 0 bridgehead atoms. The van der Waals surface area contributed by atoms with Gasteiger partial charge in [-0.1, -0.05) is 48.0 Å². The molecular weight excluding hydrogens is 1900 g/mol. The number of primary amides is 1. The molecule has 53 heteroatoms. The second-order valence-electron chi connectivity index (χ2n) is 38.0. The molecule has 7 aliphatic rings. The molecule has 7 saturated heterocycles. The molecule has 143 heavy (non-hydrogen) atoms. The highest BCUT2D eigenvalue weighted by molar-refractivity contribution is 7.80. The van der Waals surface area contributed by atoms with Crippen molar-refractivity contribution in [2.45, 2.75) is 323 Å². The van der Waals surface area contributed by atoms with Gasteiger partial charge in [0.15, 0.2) is 0 Å². The van der Waals surface area contributed by atoms with Crippen molar-refractivity contribution in [2.75, 3.05) is 84.5 Å². The number of unbranched alkanes of at least 4 members (excludes halogenated alkanes) is 1. The van der Waals surface area contributed by atoms with E-state index in [1.165, 1.54) is 11.8 Å². The Balaban J connectivity index is 0.915. The molecule has 7 aliphatic heterocycles. The Morgan fingerprint density at radius 2 is 0.678 bits per heavy atom. The zero-order valence-electron chi connectivity index (χ0n) is 81.8. The minimum Gasteiger partial charge on any atom is -0.481 e. The van der Waals surface area contributed by atoms with Crippen molar-refractivity contribution in [2.24, 2.45) is 35.0 Å². The van der Waals surface area contributed by atoms with Gasteiger partial charge in [0.25, 0.3) is 0 Å². The number of hydrogen-bond donors (Lipinski definition) is 23. The third-order valence-corrected chi connectivity index (χ3v) is 27.2. The summed E-state index contributed by atoms with van der Waals surface area (Å²) in [5.74, 6) is -24.0. The number of rotatable bonds is 54. The Bertz CT molecular complexity index is 4590. The summed E-state index contributed by atoms with van der Waals surface area (Å²) in [5, 5.41) is 101. The van der Waals surface area contributed by atoms with Gasteiger partial charge in [0.1, 0.15) is 115 Å². The summed E-state index contributed by atoms with van der Waals surface area (Å²) in [6.07, 6.45) is 0.675. The van der Waals surface area contributed by atoms with Crippen molar-refractivity contribution >= 4 is 149 Å². The van der Waals surface area contributed by atoms with Gasteiger partial charge in [-0.15, -0.1) is 0 Å². The van der Waals surface area contributed by atoms with Gasteiger partial charge in [-0.2, -0.15) is 12.6 Å². The van der Waals surface area contributed by atoms with E-state index in [0.717, 1.165) is 29.4 Å². The van der Waals surface area contributed by atoms with Crippen LogP contribution in [0.1, 0.15) is 203 Å². The van der Waals surface area contributed by atoms with Crippen LogP contribution >= 0.6 is 12.6 Å². The summed E-state index contributed by atoms with van der Waals surface area (Å²) >= 11 is 4.35. The van der Waals surface area contributed by atoms with Gasteiger partial charge >= 0.3 is 17.9 Å². The van der Waals surface area contributed by atoms with Crippen LogP contribution in [0, 0.1) is 17.8 Å². The predicted octanol–water partition coefficient (Wildman–Crippen LogP) is -9.45. The highest BCUT2D eigenvalue weighted by atomic mass is 32.1. The second-order valence-corrected chi connectivity index (χ2v) is 38.4. The van der Waals surface area contributed by atoms with Crippen LogP contribution in [0.3, 0.4) is 0 Å². The lowest BCUT2D eigenvalue weighted by Gasteiger charge is -2.34. The number of aliphatic hydroxyl groups excluding tert-OH is 4. The van der Waals surface area contributed by atoms with Crippen molar-refractivity contribution in [1.82, 2.24) is 98.1 Å². The summed E-state index contributed by atoms with van der Waals surface area (Å²) in [7, 11) is 0. The Morgan fingerprint density at radius 1 is 0.350 bits per heavy atom. The molecule has 0 radical (unpaired) electrons. The maximum absolute atomic E-state index is 14.7. The van der Waals surface area contributed by atoms with Gasteiger partial charge in [0, 0.05) is 64.4 Å². The lowest BCUT2D eigenvalue weighted by molar-refractivity contribution is -0.149. The monoisotopic (exact) mass is 2050 g/mol. The number of carboxylic acid groups (broad SMARTS) is 3. The normalized spacial score (nSPS) is 21.8. The first-order valence-corrected chi connectivity index (χ1v) is 49.6. The van der Waals surface area contributed by atoms with Crippen LogP contribution in [0.15, 0.2) is 0 Å². The third-order valence-electron chi connectivity index (χ3n) is 26.8. The van der Waals surface area contributed by atoms with Crippen molar-refractivity contribution in [3.63, 3.8) is 0 Å². The highest BCUT2D eigenvalue weighted by Crippen LogP contribution is 2.30. The van der Waals surface area contributed by atoms with E-state index in [2.05, 4.69) is 76.4 Å². The highest BCUT2D eigenvalue weighted by Gasteiger charge is 2.50. The molecule has 20 amide bonds. The minimum atomic E-state index is -1.86. The Hall–Kier alpha value is -12.1. The SMILES string of the molecule is CC[C@H](C)[C@H](NC(=O)[C@H](CC(C)C)NC(=O)[C@@H]1CCCN1C(=O)[C@@H](N)CC(=O)O)C(=O)N[C@@H](CCC(N)=O)C(=O)N1CCC[C@H]1C(=O)N[C@@H](CO)C(=O)N[C@@H](CO)C(=O)N1CCC[C@H]1C(=O)N[C@@H](C)C(=O)N[C@H](C(=O)N[C@@H](CS)C(=O)N1CCC[C@H]1C(=O)N[C@@H](CCC(=O)O)C(=O)N1CCC[C@H]1C(=O)N1CCC[C@H]1C(=O)N[C@@H](CO)C(=O)N[C@@H](CO)C(=O)N1CCC[C@H]1C(=O)N[C@@H](CCCCN)C(=O)O)C(C)C. The summed E-state index contributed by atoms with van der Waals surface area (Å²) in [4.78, 5) is 324. The van der Waals surface area contributed by atoms with Crippen molar-refractivity contribution in [3.8, 4) is 0 Å². The van der Waals surface area contributed by atoms with E-state index in [1.807, 2.05) is 0 Å². The fraction of sp³-hybridized carbons (Fsp3) is 0.744. The number of aliphatic hydroxyl groups is 4. The summed E-state index contributed by atoms with van der Waals surface area (Å²) in [5.41, 5.74) is 16.9. The zero-order chi connectivity index (χ0) is 106. The van der Waals surface area contributed by atoms with Crippen LogP contribution < -0.4 is 81.0 Å². The van der Waals surface area contributed by atoms with Crippen molar-refractivity contribution in [1.29, 1.82) is 0 Å². The first kappa shape index (κ1) is 118. The minimum absolute atomic E-state index is 0.000431. The number of nitrogens with zero attached hydrogens (tertiary/aromatic N) is 7. The van der Waals surface area contributed by atoms with Crippen molar-refractivity contribution < 1.29 is 146 Å². The van der Waals surface area contributed by atoms with Crippen LogP contribution in [0.25, 0.3) is 0 Å². The standard InChI is InChI=1S/C90H144N22O30S/c1-8-47(6)70(105-72(123)53(38-45(2)3)98-78(129)60-20-11-31-106(60)83(134)49(92)39-68(120)121)82(133)96-50(26-28-66(93)117)84(135)107-32-13-23-63(107)79(130)99-54(40-113)73(124)101-56(42-115)86(137)108-33-12-19-59(108)75(126)94-48(7)71(122)104-69(46(4)5)81(132)103-58(44-143)88(139)110-35-15-21-61(110)76(127)95-51(27-29-67(118)119)85(136)112-37-17-25-65(112)89(140)111-36-16-24-64(111)80(131)100-55(41-114)74(125)102-57(43-116)87(138)109-34-14-22-62(109)77(128)97-52(90(141)142)18-9-10-30-91/h45-65,69-70,113-116,143H,8-44,91-92H2,1-7H3,(H2,93,117)(H,94,126)(H,95,127)(H,96,133)(H,97,128)(H,98,129)(H,99,130)(H,100,131)(H,101,124)(H,102,125)(H,103,132)(H,104,122)(H,105,123)(H,118,119)(H,120,121)(H,141,142)/t47-,48-,49-,50-,51-,52-,53-,54-,55-,56-,57-,58-,59-,60-,61-,62-,63-,64-,65-,69-,70-/m0/s1. The molecule has 0 spiro atoms. The van der Waals surface area contributed by atoms with Crippen LogP contribution in [0.4, 0.5) is 0 Å². The third kappa shape index (κ3) is 32.2. The van der Waals surface area contributed by atoms with E-state index < -0.39 is 327 Å². The molecule has 800 valence electrons. The quantitative estimate of drug-likeness (QED) is 0.0199. The number of carbonyl (C=O) groups excluding carboxylic acids is 20. The number of nitrogens with one attached hydrogen (secondary N) is 12. The van der Waals surface area contributed by atoms with Gasteiger partial charge in [-0.25, -0.2) is 4.79 Å². The Kier molecular flexibility index (Phi) is 46.4. The fourth-order valence-corrected chi connectivity index (χ4v) is 19.1. The number of carboxylic acids is 3. The molecule has 0 aromatic rings. The van der Waals surface area contributed by atoms with Gasteiger partial charge in [0.05, 0.1) is 38.9 Å². The van der Waals surface area contributed by atoms with E-state index in [4.69, 9.17) is 17.2 Å². The number of aliphatic carboxylic acids is 3. The topological polar surface area (TPSA) is 779 Å². The van der Waals surface area contributed by atoms with Crippen LogP contribution in [-0.4, -0.2) is 411 Å². The van der Waals surface area contributed by atoms with Crippen LogP contribution in [0.5, 0.6) is 0 Å². The first-order chi connectivity index (χ1) is 67.7. The van der Waals surface area contributed by atoms with Gasteiger partial charge in [-0.05, 0) is 160 Å². The molecular formula is C90H144N22O30S. The molecule has 25 N–H and O–H groups in total. The molecule has 7 fully saturated rings. The van der Waals surface area contributed by atoms with E-state index in [1.54, 1.807) is 41.5 Å². The van der Waals surface area contributed by atoms with E-state index in [-0.39, 0.29) is 154 Å². The molecule has 0 saturated carbocycles. The van der Waals surface area contributed by atoms with Gasteiger partial charge in [-0.3, -0.25) is 105 Å². The fourth-order valence-electron chi connectivity index (χ4n) is 18.8. The lowest BCUT2D eigenvalue weighted by atomic mass is 9.96. The maximum Gasteiger partial charge on any atom is 0.326 e. The average Bonchev–Trinajstić information content (AvgIpc) is 1.16. The number of carbonyl (C=O) groups is 23. The summed E-state index contributed by atoms with van der Waals surface area (Å²) in [6.45, 7) is 7.01. The number of nitrogens with two attached hydrogens (primary N) is 3. The molecule has 0 aromatic carbocycles. The number of hydrogen-bond acceptors (Lipinski definition) is 30. The summed E-state index contributed by atoms with van der Waals surface area (Å²) < 4.78 is 0. The lowest BCUT2D eigenvalue weighted by Crippen LogP contribution is -2.62. The van der Waals surface area contributed by atoms with Gasteiger partial charge in [0.2, 0.25) is 118 Å². The maximum atomic E-state index is 14.7. The number of thiol groups is 1. The molecule has 7 rings (SSSR count). The first-order valence-electron chi connectivity index (χ1n) is 49.0. The zero-order valence-corrected chi connectivity index (χ0v) is 82.7. The van der Waals surface area contributed by atoms with E-state index in [0.29, 0.717) is 32.2 Å². The van der Waals surface area contributed by atoms with Crippen LogP contribution in [-0.2, 0) is 110 Å². The molecule has 21 atom stereocenters. The van der Waals surface area contributed by atoms with E-state index >= 15 is 0 Å². The Labute approximate surface area is 832 Å². The predicted molar refractivity (Wildman–Crippen MR) is 504 cm³/mol. The Morgan fingerprint density at radius 3 is 1.06 bits per heavy atom. The van der Waals surface area contributed by atoms with Crippen LogP contribution in [0.2, 0.25) is 0 Å². The van der Waals surface area contributed by atoms with E-state index in [9.17, 15) is 146 Å². The average molecular weight is 2050 g/mol. The number of amides is 20. The van der Waals surface area contributed by atoms with Gasteiger partial charge < -0.3 is 151 Å².